The van der Waals surface area contributed by atoms with Gasteiger partial charge >= 0.3 is 0 Å². The van der Waals surface area contributed by atoms with Gasteiger partial charge in [-0.15, -0.1) is 0 Å². The van der Waals surface area contributed by atoms with Gasteiger partial charge in [-0.1, -0.05) is 12.1 Å². The summed E-state index contributed by atoms with van der Waals surface area (Å²) in [5.41, 5.74) is 1.66. The molecule has 1 saturated heterocycles. The topological polar surface area (TPSA) is 78.5 Å². The molecule has 0 radical (unpaired) electrons. The number of hydrogen-bond acceptors (Lipinski definition) is 3. The van der Waals surface area contributed by atoms with E-state index in [1.54, 1.807) is 0 Å². The molecule has 1 aromatic carbocycles. The molecule has 2 aliphatic rings. The highest BCUT2D eigenvalue weighted by atomic mass is 16.2. The summed E-state index contributed by atoms with van der Waals surface area (Å²) >= 11 is 0. The van der Waals surface area contributed by atoms with Gasteiger partial charge in [-0.2, -0.15) is 0 Å². The summed E-state index contributed by atoms with van der Waals surface area (Å²) in [7, 11) is 0. The molecule has 6 heteroatoms. The first-order valence-electron chi connectivity index (χ1n) is 9.90. The summed E-state index contributed by atoms with van der Waals surface area (Å²) in [6, 6.07) is 7.53. The van der Waals surface area contributed by atoms with E-state index < -0.39 is 0 Å². The molecule has 0 aromatic heterocycles. The number of carbonyl (C=O) groups is 3. The predicted octanol–water partition coefficient (Wildman–Crippen LogP) is 2.34. The lowest BCUT2D eigenvalue weighted by molar-refractivity contribution is -0.135. The van der Waals surface area contributed by atoms with Gasteiger partial charge in [0.05, 0.1) is 6.42 Å². The van der Waals surface area contributed by atoms with Crippen LogP contribution >= 0.6 is 0 Å². The lowest BCUT2D eigenvalue weighted by Crippen LogP contribution is -2.42. The van der Waals surface area contributed by atoms with Gasteiger partial charge in [-0.25, -0.2) is 0 Å². The first kappa shape index (κ1) is 19.4. The van der Waals surface area contributed by atoms with Crippen molar-refractivity contribution in [3.8, 4) is 0 Å². The molecule has 0 bridgehead atoms. The van der Waals surface area contributed by atoms with Crippen LogP contribution in [0.1, 0.15) is 45.1 Å². The van der Waals surface area contributed by atoms with Crippen LogP contribution < -0.4 is 10.6 Å². The SMILES string of the molecule is CC(C)NC(=O)Cc1ccc(NC(=O)C2CCN(C(=O)C3CC3)CC2)cc1. The Morgan fingerprint density at radius 1 is 1.00 bits per heavy atom. The molecule has 1 aromatic rings. The zero-order chi connectivity index (χ0) is 19.4. The monoisotopic (exact) mass is 371 g/mol. The zero-order valence-corrected chi connectivity index (χ0v) is 16.2. The number of rotatable bonds is 6. The molecular formula is C21H29N3O3. The van der Waals surface area contributed by atoms with Crippen molar-refractivity contribution in [3.63, 3.8) is 0 Å². The van der Waals surface area contributed by atoms with Crippen LogP contribution in [0.2, 0.25) is 0 Å². The van der Waals surface area contributed by atoms with Crippen LogP contribution in [0.25, 0.3) is 0 Å². The van der Waals surface area contributed by atoms with E-state index in [-0.39, 0.29) is 35.6 Å². The van der Waals surface area contributed by atoms with Crippen molar-refractivity contribution in [1.82, 2.24) is 10.2 Å². The molecule has 27 heavy (non-hydrogen) atoms. The molecule has 2 N–H and O–H groups in total. The van der Waals surface area contributed by atoms with Gasteiger partial charge < -0.3 is 15.5 Å². The van der Waals surface area contributed by atoms with Crippen molar-refractivity contribution in [2.24, 2.45) is 11.8 Å². The largest absolute Gasteiger partial charge is 0.354 e. The van der Waals surface area contributed by atoms with E-state index in [4.69, 9.17) is 0 Å². The number of anilines is 1. The molecule has 6 nitrogen and oxygen atoms in total. The number of nitrogens with one attached hydrogen (secondary N) is 2. The molecule has 0 unspecified atom stereocenters. The van der Waals surface area contributed by atoms with Crippen LogP contribution in [-0.4, -0.2) is 41.8 Å². The van der Waals surface area contributed by atoms with E-state index in [2.05, 4.69) is 10.6 Å². The minimum Gasteiger partial charge on any atom is -0.354 e. The molecule has 1 saturated carbocycles. The highest BCUT2D eigenvalue weighted by Crippen LogP contribution is 2.32. The number of likely N-dealkylation sites (tertiary alicyclic amines) is 1. The van der Waals surface area contributed by atoms with Crippen LogP contribution in [0.3, 0.4) is 0 Å². The third-order valence-corrected chi connectivity index (χ3v) is 5.14. The lowest BCUT2D eigenvalue weighted by atomic mass is 9.95. The first-order chi connectivity index (χ1) is 12.9. The minimum atomic E-state index is -0.0512. The van der Waals surface area contributed by atoms with Crippen LogP contribution in [0, 0.1) is 11.8 Å². The quantitative estimate of drug-likeness (QED) is 0.806. The van der Waals surface area contributed by atoms with E-state index >= 15 is 0 Å². The summed E-state index contributed by atoms with van der Waals surface area (Å²) < 4.78 is 0. The van der Waals surface area contributed by atoms with E-state index in [1.165, 1.54) is 0 Å². The Balaban J connectivity index is 1.45. The van der Waals surface area contributed by atoms with Gasteiger partial charge in [0.15, 0.2) is 0 Å². The van der Waals surface area contributed by atoms with Gasteiger partial charge in [0.1, 0.15) is 0 Å². The molecule has 2 fully saturated rings. The minimum absolute atomic E-state index is 0.00529. The van der Waals surface area contributed by atoms with Gasteiger partial charge in [-0.05, 0) is 57.2 Å². The Morgan fingerprint density at radius 3 is 2.19 bits per heavy atom. The van der Waals surface area contributed by atoms with E-state index in [0.717, 1.165) is 36.9 Å². The van der Waals surface area contributed by atoms with Crippen LogP contribution in [0.5, 0.6) is 0 Å². The normalized spacial score (nSPS) is 17.7. The Bertz CT molecular complexity index is 687. The number of nitrogens with zero attached hydrogens (tertiary/aromatic N) is 1. The average Bonchev–Trinajstić information content (AvgIpc) is 3.47. The molecule has 1 heterocycles. The maximum absolute atomic E-state index is 12.5. The Kier molecular flexibility index (Phi) is 6.14. The first-order valence-corrected chi connectivity index (χ1v) is 9.90. The standard InChI is InChI=1S/C21H29N3O3/c1-14(2)22-19(25)13-15-3-7-18(8-4-15)23-20(26)16-9-11-24(12-10-16)21(27)17-5-6-17/h3-4,7-8,14,16-17H,5-6,9-13H2,1-2H3,(H,22,25)(H,23,26). The number of benzene rings is 1. The van der Waals surface area contributed by atoms with Crippen LogP contribution in [0.4, 0.5) is 5.69 Å². The van der Waals surface area contributed by atoms with Crippen LogP contribution in [-0.2, 0) is 20.8 Å². The van der Waals surface area contributed by atoms with Gasteiger partial charge in [0.25, 0.3) is 0 Å². The summed E-state index contributed by atoms with van der Waals surface area (Å²) in [4.78, 5) is 38.3. The zero-order valence-electron chi connectivity index (χ0n) is 16.2. The number of piperidine rings is 1. The third kappa shape index (κ3) is 5.55. The van der Waals surface area contributed by atoms with Crippen molar-refractivity contribution in [1.29, 1.82) is 0 Å². The third-order valence-electron chi connectivity index (χ3n) is 5.14. The van der Waals surface area contributed by atoms with E-state index in [0.29, 0.717) is 19.5 Å². The molecule has 146 valence electrons. The fourth-order valence-corrected chi connectivity index (χ4v) is 3.46. The maximum Gasteiger partial charge on any atom is 0.227 e. The summed E-state index contributed by atoms with van der Waals surface area (Å²) in [6.45, 7) is 5.22. The molecule has 1 aliphatic carbocycles. The van der Waals surface area contributed by atoms with Crippen molar-refractivity contribution < 1.29 is 14.4 Å². The Hall–Kier alpha value is -2.37. The van der Waals surface area contributed by atoms with Gasteiger partial charge in [-0.3, -0.25) is 14.4 Å². The number of amides is 3. The molecular weight excluding hydrogens is 342 g/mol. The number of hydrogen-bond donors (Lipinski definition) is 2. The lowest BCUT2D eigenvalue weighted by Gasteiger charge is -2.31. The van der Waals surface area contributed by atoms with E-state index in [9.17, 15) is 14.4 Å². The Labute approximate surface area is 160 Å². The fourth-order valence-electron chi connectivity index (χ4n) is 3.46. The smallest absolute Gasteiger partial charge is 0.227 e. The molecule has 1 aliphatic heterocycles. The van der Waals surface area contributed by atoms with Crippen molar-refractivity contribution in [3.05, 3.63) is 29.8 Å². The molecule has 0 spiro atoms. The van der Waals surface area contributed by atoms with E-state index in [1.807, 2.05) is 43.0 Å². The van der Waals surface area contributed by atoms with Crippen molar-refractivity contribution >= 4 is 23.4 Å². The van der Waals surface area contributed by atoms with Crippen molar-refractivity contribution in [2.75, 3.05) is 18.4 Å². The molecule has 3 rings (SSSR count). The fraction of sp³-hybridized carbons (Fsp3) is 0.571. The predicted molar refractivity (Wildman–Crippen MR) is 104 cm³/mol. The van der Waals surface area contributed by atoms with Crippen LogP contribution in [0.15, 0.2) is 24.3 Å². The second-order valence-electron chi connectivity index (χ2n) is 7.96. The van der Waals surface area contributed by atoms with Crippen molar-refractivity contribution in [2.45, 2.75) is 52.0 Å². The highest BCUT2D eigenvalue weighted by molar-refractivity contribution is 5.93. The summed E-state index contributed by atoms with van der Waals surface area (Å²) in [5, 5.41) is 5.83. The second-order valence-corrected chi connectivity index (χ2v) is 7.96. The maximum atomic E-state index is 12.5. The summed E-state index contributed by atoms with van der Waals surface area (Å²) in [6.07, 6.45) is 3.82. The van der Waals surface area contributed by atoms with Gasteiger partial charge in [0.2, 0.25) is 17.7 Å². The van der Waals surface area contributed by atoms with Gasteiger partial charge in [0, 0.05) is 36.7 Å². The highest BCUT2D eigenvalue weighted by Gasteiger charge is 2.35. The second kappa shape index (κ2) is 8.55. The Morgan fingerprint density at radius 2 is 1.63 bits per heavy atom. The number of carbonyl (C=O) groups excluding carboxylic acids is 3. The molecule has 3 amide bonds. The molecule has 0 atom stereocenters. The summed E-state index contributed by atoms with van der Waals surface area (Å²) in [5.74, 6) is 0.473. The average molecular weight is 371 g/mol.